The number of fused-ring (bicyclic) bond motifs is 1. The van der Waals surface area contributed by atoms with Crippen LogP contribution >= 0.6 is 0 Å². The molecule has 2 amide bonds. The van der Waals surface area contributed by atoms with Gasteiger partial charge in [-0.15, -0.1) is 0 Å². The van der Waals surface area contributed by atoms with Crippen LogP contribution in [0.3, 0.4) is 0 Å². The molecule has 0 N–H and O–H groups in total. The van der Waals surface area contributed by atoms with Gasteiger partial charge in [0.15, 0.2) is 0 Å². The van der Waals surface area contributed by atoms with E-state index in [2.05, 4.69) is 23.3 Å². The number of carbonyl (C=O) groups is 2. The molecule has 5 rings (SSSR count). The maximum Gasteiger partial charge on any atom is 0.253 e. The average molecular weight is 402 g/mol. The summed E-state index contributed by atoms with van der Waals surface area (Å²) < 4.78 is 1.81. The highest BCUT2D eigenvalue weighted by atomic mass is 16.2. The van der Waals surface area contributed by atoms with Crippen LogP contribution in [0.25, 0.3) is 22.0 Å². The van der Waals surface area contributed by atoms with Crippen LogP contribution < -0.4 is 0 Å². The summed E-state index contributed by atoms with van der Waals surface area (Å²) in [6, 6.07) is 14.0. The Morgan fingerprint density at radius 3 is 2.20 bits per heavy atom. The molecule has 0 bridgehead atoms. The number of aryl methyl sites for hydroxylation is 1. The number of hydrogen-bond acceptors (Lipinski definition) is 3. The monoisotopic (exact) mass is 402 g/mol. The molecule has 1 aromatic heterocycles. The largest absolute Gasteiger partial charge is 0.339 e. The van der Waals surface area contributed by atoms with E-state index in [-0.39, 0.29) is 17.2 Å². The summed E-state index contributed by atoms with van der Waals surface area (Å²) >= 11 is 0. The number of nitrogens with zero attached hydrogens (tertiary/aromatic N) is 4. The minimum absolute atomic E-state index is 0.0338. The molecule has 0 radical (unpaired) electrons. The zero-order valence-corrected chi connectivity index (χ0v) is 17.5. The van der Waals surface area contributed by atoms with Crippen LogP contribution in [0, 0.1) is 5.41 Å². The summed E-state index contributed by atoms with van der Waals surface area (Å²) in [5, 5.41) is 5.58. The van der Waals surface area contributed by atoms with Gasteiger partial charge in [0.1, 0.15) is 0 Å². The maximum atomic E-state index is 12.9. The molecule has 2 aliphatic rings. The highest BCUT2D eigenvalue weighted by molar-refractivity contribution is 5.95. The van der Waals surface area contributed by atoms with Gasteiger partial charge < -0.3 is 9.80 Å². The van der Waals surface area contributed by atoms with Crippen molar-refractivity contribution in [3.63, 3.8) is 0 Å². The Morgan fingerprint density at radius 2 is 1.53 bits per heavy atom. The molecule has 1 saturated heterocycles. The minimum atomic E-state index is -0.139. The normalized spacial score (nSPS) is 17.9. The molecule has 0 unspecified atom stereocenters. The van der Waals surface area contributed by atoms with Gasteiger partial charge in [0.05, 0.1) is 5.52 Å². The predicted octanol–water partition coefficient (Wildman–Crippen LogP) is 3.32. The summed E-state index contributed by atoms with van der Waals surface area (Å²) in [6.45, 7) is 4.49. The number of aromatic nitrogens is 2. The standard InChI is InChI=1S/C24H26N4O2/c1-24(9-10-24)23(30)28-13-11-27(12-14-28)22(29)18-5-3-17(4-6-18)19-7-8-20-16-26(2)25-21(20)15-19/h3-8,15-16H,9-14H2,1-2H3. The maximum absolute atomic E-state index is 12.9. The van der Waals surface area contributed by atoms with Crippen molar-refractivity contribution in [1.82, 2.24) is 19.6 Å². The van der Waals surface area contributed by atoms with Gasteiger partial charge in [0.2, 0.25) is 5.91 Å². The summed E-state index contributed by atoms with van der Waals surface area (Å²) in [4.78, 5) is 29.2. The van der Waals surface area contributed by atoms with Crippen LogP contribution in [-0.2, 0) is 11.8 Å². The van der Waals surface area contributed by atoms with Crippen molar-refractivity contribution < 1.29 is 9.59 Å². The van der Waals surface area contributed by atoms with E-state index in [0.29, 0.717) is 31.7 Å². The van der Waals surface area contributed by atoms with Crippen molar-refractivity contribution in [2.45, 2.75) is 19.8 Å². The highest BCUT2D eigenvalue weighted by Gasteiger charge is 2.47. The molecule has 0 spiro atoms. The molecule has 2 fully saturated rings. The topological polar surface area (TPSA) is 58.4 Å². The first-order valence-electron chi connectivity index (χ1n) is 10.6. The fourth-order valence-electron chi connectivity index (χ4n) is 4.20. The summed E-state index contributed by atoms with van der Waals surface area (Å²) in [7, 11) is 1.92. The van der Waals surface area contributed by atoms with Crippen LogP contribution in [-0.4, -0.2) is 57.6 Å². The van der Waals surface area contributed by atoms with Gasteiger partial charge >= 0.3 is 0 Å². The van der Waals surface area contributed by atoms with Crippen LogP contribution in [0.5, 0.6) is 0 Å². The molecule has 30 heavy (non-hydrogen) atoms. The molecule has 2 heterocycles. The van der Waals surface area contributed by atoms with Crippen molar-refractivity contribution >= 4 is 22.7 Å². The van der Waals surface area contributed by atoms with E-state index in [4.69, 9.17) is 0 Å². The predicted molar refractivity (Wildman–Crippen MR) is 116 cm³/mol. The Bertz CT molecular complexity index is 1120. The molecule has 2 aromatic carbocycles. The van der Waals surface area contributed by atoms with E-state index in [1.807, 2.05) is 58.9 Å². The Hall–Kier alpha value is -3.15. The molecular weight excluding hydrogens is 376 g/mol. The third-order valence-electron chi connectivity index (χ3n) is 6.46. The quantitative estimate of drug-likeness (QED) is 0.675. The van der Waals surface area contributed by atoms with E-state index in [9.17, 15) is 9.59 Å². The van der Waals surface area contributed by atoms with Gasteiger partial charge in [-0.05, 0) is 42.2 Å². The lowest BCUT2D eigenvalue weighted by atomic mass is 10.0. The van der Waals surface area contributed by atoms with Crippen molar-refractivity contribution in [3.8, 4) is 11.1 Å². The minimum Gasteiger partial charge on any atom is -0.339 e. The number of hydrogen-bond donors (Lipinski definition) is 0. The molecule has 1 aliphatic carbocycles. The first-order chi connectivity index (χ1) is 14.4. The lowest BCUT2D eigenvalue weighted by Crippen LogP contribution is -2.52. The van der Waals surface area contributed by atoms with Gasteiger partial charge in [-0.2, -0.15) is 5.10 Å². The molecule has 154 valence electrons. The van der Waals surface area contributed by atoms with E-state index in [1.54, 1.807) is 0 Å². The number of rotatable bonds is 3. The number of carbonyl (C=O) groups excluding carboxylic acids is 2. The molecule has 1 aliphatic heterocycles. The van der Waals surface area contributed by atoms with Crippen LogP contribution in [0.1, 0.15) is 30.1 Å². The number of amides is 2. The van der Waals surface area contributed by atoms with Gasteiger partial charge in [0, 0.05) is 55.8 Å². The molecule has 6 heteroatoms. The smallest absolute Gasteiger partial charge is 0.253 e. The van der Waals surface area contributed by atoms with Crippen molar-refractivity contribution in [2.75, 3.05) is 26.2 Å². The van der Waals surface area contributed by atoms with Crippen LogP contribution in [0.4, 0.5) is 0 Å². The van der Waals surface area contributed by atoms with Crippen molar-refractivity contribution in [3.05, 3.63) is 54.2 Å². The fraction of sp³-hybridized carbons (Fsp3) is 0.375. The second kappa shape index (κ2) is 6.97. The second-order valence-corrected chi connectivity index (χ2v) is 8.80. The fourth-order valence-corrected chi connectivity index (χ4v) is 4.20. The first kappa shape index (κ1) is 18.9. The van der Waals surface area contributed by atoms with E-state index < -0.39 is 0 Å². The Morgan fingerprint density at radius 1 is 0.900 bits per heavy atom. The zero-order chi connectivity index (χ0) is 20.9. The van der Waals surface area contributed by atoms with E-state index in [0.717, 1.165) is 34.9 Å². The Balaban J connectivity index is 1.26. The summed E-state index contributed by atoms with van der Waals surface area (Å²) in [5.74, 6) is 0.287. The third-order valence-corrected chi connectivity index (χ3v) is 6.46. The second-order valence-electron chi connectivity index (χ2n) is 8.80. The van der Waals surface area contributed by atoms with Crippen LogP contribution in [0.15, 0.2) is 48.7 Å². The number of piperazine rings is 1. The Labute approximate surface area is 176 Å². The Kier molecular flexibility index (Phi) is 4.38. The van der Waals surface area contributed by atoms with Crippen molar-refractivity contribution in [1.29, 1.82) is 0 Å². The lowest BCUT2D eigenvalue weighted by molar-refractivity contribution is -0.137. The van der Waals surface area contributed by atoms with Crippen LogP contribution in [0.2, 0.25) is 0 Å². The molecular formula is C24H26N4O2. The molecule has 3 aromatic rings. The first-order valence-corrected chi connectivity index (χ1v) is 10.6. The molecule has 6 nitrogen and oxygen atoms in total. The molecule has 1 saturated carbocycles. The van der Waals surface area contributed by atoms with Crippen molar-refractivity contribution in [2.24, 2.45) is 12.5 Å². The number of benzene rings is 2. The highest BCUT2D eigenvalue weighted by Crippen LogP contribution is 2.46. The van der Waals surface area contributed by atoms with E-state index >= 15 is 0 Å². The van der Waals surface area contributed by atoms with Gasteiger partial charge in [-0.25, -0.2) is 0 Å². The SMILES string of the molecule is Cn1cc2ccc(-c3ccc(C(=O)N4CCN(C(=O)C5(C)CC5)CC4)cc3)cc2n1. The third kappa shape index (κ3) is 3.36. The van der Waals surface area contributed by atoms with Gasteiger partial charge in [-0.3, -0.25) is 14.3 Å². The zero-order valence-electron chi connectivity index (χ0n) is 17.5. The lowest BCUT2D eigenvalue weighted by Gasteiger charge is -2.36. The van der Waals surface area contributed by atoms with E-state index in [1.165, 1.54) is 0 Å². The summed E-state index contributed by atoms with van der Waals surface area (Å²) in [6.07, 6.45) is 3.98. The van der Waals surface area contributed by atoms with Gasteiger partial charge in [-0.1, -0.05) is 31.2 Å². The molecule has 0 atom stereocenters. The summed E-state index contributed by atoms with van der Waals surface area (Å²) in [5.41, 5.74) is 3.66. The van der Waals surface area contributed by atoms with Gasteiger partial charge in [0.25, 0.3) is 5.91 Å². The average Bonchev–Trinajstić information content (AvgIpc) is 3.41.